The summed E-state index contributed by atoms with van der Waals surface area (Å²) < 4.78 is 6.22. The summed E-state index contributed by atoms with van der Waals surface area (Å²) in [6, 6.07) is 22.1. The quantitative estimate of drug-likeness (QED) is 0.0934. The van der Waals surface area contributed by atoms with Crippen molar-refractivity contribution in [2.24, 2.45) is 5.10 Å². The van der Waals surface area contributed by atoms with Crippen molar-refractivity contribution >= 4 is 80.4 Å². The van der Waals surface area contributed by atoms with Crippen LogP contribution in [-0.4, -0.2) is 24.0 Å². The van der Waals surface area contributed by atoms with Crippen molar-refractivity contribution in [3.05, 3.63) is 127 Å². The predicted octanol–water partition coefficient (Wildman–Crippen LogP) is 7.64. The van der Waals surface area contributed by atoms with Crippen LogP contribution >= 0.6 is 50.7 Å². The lowest BCUT2D eigenvalue weighted by atomic mass is 10.1. The van der Waals surface area contributed by atoms with Crippen LogP contribution in [0.3, 0.4) is 0 Å². The summed E-state index contributed by atoms with van der Waals surface area (Å²) in [4.78, 5) is 38.2. The number of hydrogen-bond donors (Lipinski definition) is 2. The Bertz CT molecular complexity index is 1590. The molecule has 0 aliphatic heterocycles. The normalized spacial score (nSPS) is 10.8. The van der Waals surface area contributed by atoms with Crippen LogP contribution in [0.5, 0.6) is 5.75 Å². The Hall–Kier alpha value is -3.69. The Morgan fingerprint density at radius 3 is 2.26 bits per heavy atom. The number of anilines is 1. The number of amides is 2. The van der Waals surface area contributed by atoms with Crippen molar-refractivity contribution in [3.8, 4) is 5.75 Å². The summed E-state index contributed by atoms with van der Waals surface area (Å²) >= 11 is 21.3. The van der Waals surface area contributed by atoms with Gasteiger partial charge in [0.25, 0.3) is 11.8 Å². The zero-order valence-electron chi connectivity index (χ0n) is 19.8. The van der Waals surface area contributed by atoms with Crippen LogP contribution in [0.15, 0.2) is 94.5 Å². The number of carbonyl (C=O) groups is 3. The second kappa shape index (κ2) is 12.9. The first kappa shape index (κ1) is 28.3. The molecule has 4 rings (SSSR count). The molecule has 0 radical (unpaired) electrons. The van der Waals surface area contributed by atoms with E-state index in [0.717, 1.165) is 0 Å². The Morgan fingerprint density at radius 1 is 0.795 bits per heavy atom. The van der Waals surface area contributed by atoms with E-state index >= 15 is 0 Å². The van der Waals surface area contributed by atoms with Gasteiger partial charge in [-0.2, -0.15) is 5.10 Å². The SMILES string of the molecule is O=C(Oc1ccc(Br)cc1/C=N\NC(=O)c1ccccc1NC(=O)c1ccc(Cl)cc1Cl)c1ccc(Cl)cc1. The predicted molar refractivity (Wildman–Crippen MR) is 156 cm³/mol. The van der Waals surface area contributed by atoms with E-state index in [1.54, 1.807) is 66.7 Å². The Morgan fingerprint density at radius 2 is 1.51 bits per heavy atom. The number of halogens is 4. The number of nitrogens with zero attached hydrogens (tertiary/aromatic N) is 1. The summed E-state index contributed by atoms with van der Waals surface area (Å²) in [5.74, 6) is -1.46. The number of nitrogens with one attached hydrogen (secondary N) is 2. The Balaban J connectivity index is 1.48. The number of esters is 1. The number of para-hydroxylation sites is 1. The van der Waals surface area contributed by atoms with Crippen molar-refractivity contribution in [1.29, 1.82) is 0 Å². The average molecular weight is 646 g/mol. The maximum atomic E-state index is 12.9. The fourth-order valence-electron chi connectivity index (χ4n) is 3.33. The van der Waals surface area contributed by atoms with E-state index in [1.807, 2.05) is 0 Å². The summed E-state index contributed by atoms with van der Waals surface area (Å²) in [5.41, 5.74) is 3.78. The molecule has 0 fully saturated rings. The highest BCUT2D eigenvalue weighted by molar-refractivity contribution is 9.10. The molecule has 0 heterocycles. The zero-order valence-corrected chi connectivity index (χ0v) is 23.6. The summed E-state index contributed by atoms with van der Waals surface area (Å²) in [6.45, 7) is 0. The molecule has 11 heteroatoms. The summed E-state index contributed by atoms with van der Waals surface area (Å²) in [5, 5.41) is 7.75. The van der Waals surface area contributed by atoms with Gasteiger partial charge < -0.3 is 10.1 Å². The average Bonchev–Trinajstić information content (AvgIpc) is 2.90. The van der Waals surface area contributed by atoms with Crippen LogP contribution in [-0.2, 0) is 0 Å². The maximum Gasteiger partial charge on any atom is 0.343 e. The van der Waals surface area contributed by atoms with Crippen LogP contribution in [0.4, 0.5) is 5.69 Å². The zero-order chi connectivity index (χ0) is 27.9. The van der Waals surface area contributed by atoms with Gasteiger partial charge in [0.15, 0.2) is 0 Å². The molecule has 0 saturated heterocycles. The van der Waals surface area contributed by atoms with Crippen molar-refractivity contribution in [1.82, 2.24) is 5.43 Å². The molecule has 4 aromatic carbocycles. The van der Waals surface area contributed by atoms with Crippen LogP contribution in [0.1, 0.15) is 36.6 Å². The van der Waals surface area contributed by atoms with E-state index in [-0.39, 0.29) is 27.6 Å². The lowest BCUT2D eigenvalue weighted by molar-refractivity contribution is 0.0733. The molecule has 0 spiro atoms. The number of carbonyl (C=O) groups excluding carboxylic acids is 3. The van der Waals surface area contributed by atoms with E-state index in [4.69, 9.17) is 39.5 Å². The standard InChI is InChI=1S/C28H17BrCl3N3O4/c29-18-7-12-25(39-28(38)16-5-8-19(30)9-6-16)17(13-18)15-33-35-27(37)22-3-1-2-4-24(22)34-26(36)21-11-10-20(31)14-23(21)32/h1-15H,(H,34,36)(H,35,37)/b33-15-. The smallest absolute Gasteiger partial charge is 0.343 e. The maximum absolute atomic E-state index is 12.9. The molecule has 0 atom stereocenters. The minimum Gasteiger partial charge on any atom is -0.422 e. The van der Waals surface area contributed by atoms with Gasteiger partial charge in [-0.15, -0.1) is 0 Å². The minimum absolute atomic E-state index is 0.164. The second-order valence-corrected chi connectivity index (χ2v) is 10.1. The molecule has 0 saturated carbocycles. The molecule has 0 aliphatic carbocycles. The first-order valence-electron chi connectivity index (χ1n) is 11.2. The third kappa shape index (κ3) is 7.46. The lowest BCUT2D eigenvalue weighted by Crippen LogP contribution is -2.21. The summed E-state index contributed by atoms with van der Waals surface area (Å²) in [7, 11) is 0. The molecule has 196 valence electrons. The minimum atomic E-state index is -0.585. The molecule has 2 amide bonds. The van der Waals surface area contributed by atoms with Crippen LogP contribution in [0.2, 0.25) is 15.1 Å². The van der Waals surface area contributed by atoms with Crippen LogP contribution < -0.4 is 15.5 Å². The highest BCUT2D eigenvalue weighted by Crippen LogP contribution is 2.25. The topological polar surface area (TPSA) is 96.9 Å². The Labute approximate surface area is 246 Å². The second-order valence-electron chi connectivity index (χ2n) is 7.90. The van der Waals surface area contributed by atoms with Gasteiger partial charge in [0, 0.05) is 20.1 Å². The van der Waals surface area contributed by atoms with Crippen molar-refractivity contribution in [2.75, 3.05) is 5.32 Å². The molecule has 4 aromatic rings. The highest BCUT2D eigenvalue weighted by atomic mass is 79.9. The van der Waals surface area contributed by atoms with Gasteiger partial charge in [-0.3, -0.25) is 9.59 Å². The van der Waals surface area contributed by atoms with Gasteiger partial charge in [-0.25, -0.2) is 10.2 Å². The molecule has 39 heavy (non-hydrogen) atoms. The van der Waals surface area contributed by atoms with Gasteiger partial charge >= 0.3 is 5.97 Å². The third-order valence-electron chi connectivity index (χ3n) is 5.22. The summed E-state index contributed by atoms with van der Waals surface area (Å²) in [6.07, 6.45) is 1.34. The monoisotopic (exact) mass is 643 g/mol. The molecule has 2 N–H and O–H groups in total. The van der Waals surface area contributed by atoms with E-state index in [1.165, 1.54) is 24.4 Å². The molecular formula is C28H17BrCl3N3O4. The first-order chi connectivity index (χ1) is 18.7. The van der Waals surface area contributed by atoms with Crippen molar-refractivity contribution in [3.63, 3.8) is 0 Å². The third-order valence-corrected chi connectivity index (χ3v) is 6.51. The largest absolute Gasteiger partial charge is 0.422 e. The lowest BCUT2D eigenvalue weighted by Gasteiger charge is -2.11. The number of ether oxygens (including phenoxy) is 1. The fourth-order valence-corrected chi connectivity index (χ4v) is 4.33. The molecule has 7 nitrogen and oxygen atoms in total. The van der Waals surface area contributed by atoms with Crippen molar-refractivity contribution < 1.29 is 19.1 Å². The molecular weight excluding hydrogens is 629 g/mol. The van der Waals surface area contributed by atoms with E-state index < -0.39 is 17.8 Å². The number of rotatable bonds is 7. The number of benzene rings is 4. The van der Waals surface area contributed by atoms with Crippen LogP contribution in [0, 0.1) is 0 Å². The van der Waals surface area contributed by atoms with Gasteiger partial charge in [-0.05, 0) is 72.8 Å². The van der Waals surface area contributed by atoms with Gasteiger partial charge in [0.1, 0.15) is 5.75 Å². The fraction of sp³-hybridized carbons (Fsp3) is 0. The first-order valence-corrected chi connectivity index (χ1v) is 13.1. The van der Waals surface area contributed by atoms with Crippen LogP contribution in [0.25, 0.3) is 0 Å². The molecule has 0 bridgehead atoms. The van der Waals surface area contributed by atoms with Gasteiger partial charge in [0.2, 0.25) is 0 Å². The molecule has 0 aromatic heterocycles. The molecule has 0 aliphatic rings. The van der Waals surface area contributed by atoms with Gasteiger partial charge in [-0.1, -0.05) is 62.9 Å². The van der Waals surface area contributed by atoms with Gasteiger partial charge in [0.05, 0.1) is 33.6 Å². The molecule has 0 unspecified atom stereocenters. The van der Waals surface area contributed by atoms with Crippen molar-refractivity contribution in [2.45, 2.75) is 0 Å². The highest BCUT2D eigenvalue weighted by Gasteiger charge is 2.16. The number of hydrazone groups is 1. The van der Waals surface area contributed by atoms with E-state index in [0.29, 0.717) is 25.6 Å². The number of hydrogen-bond acceptors (Lipinski definition) is 5. The van der Waals surface area contributed by atoms with E-state index in [9.17, 15) is 14.4 Å². The Kier molecular flexibility index (Phi) is 9.37. The van der Waals surface area contributed by atoms with E-state index in [2.05, 4.69) is 31.8 Å².